The molecule has 12 bridgehead atoms. The van der Waals surface area contributed by atoms with Crippen molar-refractivity contribution in [2.45, 2.75) is 194 Å². The molecule has 10 fully saturated rings. The van der Waals surface area contributed by atoms with Crippen LogP contribution in [0.2, 0.25) is 0 Å². The van der Waals surface area contributed by atoms with Gasteiger partial charge in [0.05, 0.1) is 67.1 Å². The number of aliphatic hydroxyl groups excluding tert-OH is 1. The summed E-state index contributed by atoms with van der Waals surface area (Å²) in [5.41, 5.74) is 8.01. The molecule has 0 aromatic carbocycles. The minimum atomic E-state index is -1.61. The molecule has 14 nitrogen and oxygen atoms in total. The number of ketones is 1. The third-order valence-corrected chi connectivity index (χ3v) is 14.0. The van der Waals surface area contributed by atoms with Crippen molar-refractivity contribution in [3.05, 3.63) is 24.3 Å². The number of nitrogens with two attached hydrogens (primary N) is 1. The van der Waals surface area contributed by atoms with Crippen LogP contribution in [0.25, 0.3) is 0 Å². The maximum Gasteiger partial charge on any atom is 0.172 e. The molecule has 10 heterocycles. The van der Waals surface area contributed by atoms with E-state index in [2.05, 4.69) is 20.1 Å². The highest BCUT2D eigenvalue weighted by molar-refractivity contribution is 7.78. The van der Waals surface area contributed by atoms with Crippen LogP contribution in [0.4, 0.5) is 0 Å². The minimum absolute atomic E-state index is 0.0158. The summed E-state index contributed by atoms with van der Waals surface area (Å²) in [7, 11) is 1.66. The summed E-state index contributed by atoms with van der Waals surface area (Å²) in [6.07, 6.45) is 6.05. The van der Waals surface area contributed by atoms with Gasteiger partial charge >= 0.3 is 0 Å². The molecule has 10 aliphatic rings. The normalized spacial score (nSPS) is 49.8. The third kappa shape index (κ3) is 8.42. The molecule has 0 saturated carbocycles. The van der Waals surface area contributed by atoms with Gasteiger partial charge in [0.25, 0.3) is 0 Å². The molecule has 10 aliphatic heterocycles. The van der Waals surface area contributed by atoms with Gasteiger partial charge in [-0.2, -0.15) is 0 Å². The summed E-state index contributed by atoms with van der Waals surface area (Å²) >= 11 is -1.61. The van der Waals surface area contributed by atoms with Crippen LogP contribution in [0.15, 0.2) is 24.3 Å². The smallest absolute Gasteiger partial charge is 0.172 e. The predicted octanol–water partition coefficient (Wildman–Crippen LogP) is 3.28. The standard InChI is InChI=1S/C40H59NO11.CH4O2S/c1-19-11-24-5-7-28-20(2)12-26(45-28)9-10-40-17-33-36(51-40)37-38(50-33)39(52-40)35-29(49-37)8-6-25(47-35)13-22(42)14-27-31(16-30(46-24)21(19)3)48-32(34(27)44-4)15-23(43)18-41;1-4(2)3/h19,23-39,43H,2-3,5-18,41H2,1,4H3;1H3,(H,2,3)/t19-,23+,24+,25-,26+,27+,28+,29+,30-,31+,32-,33?,34-,35+,36+,37+,38+,39+,40+;/m1./s1. The zero-order valence-electron chi connectivity index (χ0n) is 33.1. The van der Waals surface area contributed by atoms with E-state index in [1.54, 1.807) is 7.11 Å². The highest BCUT2D eigenvalue weighted by Gasteiger charge is 2.68. The van der Waals surface area contributed by atoms with Crippen LogP contribution in [0, 0.1) is 11.8 Å². The highest BCUT2D eigenvalue weighted by Crippen LogP contribution is 2.54. The highest BCUT2D eigenvalue weighted by atomic mass is 32.2. The maximum absolute atomic E-state index is 14.1. The Morgan fingerprint density at radius 2 is 1.54 bits per heavy atom. The van der Waals surface area contributed by atoms with Crippen LogP contribution in [0.3, 0.4) is 0 Å². The number of hydrogen-bond acceptors (Lipinski definition) is 13. The van der Waals surface area contributed by atoms with Gasteiger partial charge in [0.2, 0.25) is 0 Å². The van der Waals surface area contributed by atoms with Gasteiger partial charge in [-0.15, -0.1) is 0 Å². The topological polar surface area (TPSA) is 184 Å². The Morgan fingerprint density at radius 3 is 2.30 bits per heavy atom. The van der Waals surface area contributed by atoms with Crippen LogP contribution in [-0.2, 0) is 58.5 Å². The van der Waals surface area contributed by atoms with Gasteiger partial charge in [0.1, 0.15) is 47.4 Å². The first kappa shape index (κ1) is 41.5. The van der Waals surface area contributed by atoms with E-state index in [1.165, 1.54) is 6.26 Å². The van der Waals surface area contributed by atoms with Crippen molar-refractivity contribution < 1.29 is 61.3 Å². The van der Waals surface area contributed by atoms with Crippen molar-refractivity contribution in [3.63, 3.8) is 0 Å². The molecule has 10 rings (SSSR count). The SMILES string of the molecule is C=C1C[C@@H]2CC[C@@]34CC5O[C@@H]6[C@@H](O3)[C@H]3O[C@H](CC[C@@H]3O[C@H]6[C@H]5O4)CC(=O)C[C@@H]3[C@@H](OC)[C@@H](C[C@H](O)CN)O[C@H]3C[C@H]3O[C@@H](CC[C@@H]1O2)C[C@@H](C)C3=C.CS(=O)O. The summed E-state index contributed by atoms with van der Waals surface area (Å²) < 4.78 is 76.6. The number of Topliss-reactive ketones (excluding diaryl/α,β-unsaturated/α-hetero) is 1. The van der Waals surface area contributed by atoms with Gasteiger partial charge in [-0.1, -0.05) is 20.1 Å². The van der Waals surface area contributed by atoms with E-state index in [0.717, 1.165) is 56.1 Å². The molecule has 15 heteroatoms. The first-order valence-electron chi connectivity index (χ1n) is 20.9. The minimum Gasteiger partial charge on any atom is -0.392 e. The molecule has 0 aliphatic carbocycles. The van der Waals surface area contributed by atoms with Gasteiger partial charge < -0.3 is 58.0 Å². The molecular formula is C41H63NO13S. The average Bonchev–Trinajstić information content (AvgIpc) is 3.83. The summed E-state index contributed by atoms with van der Waals surface area (Å²) in [6, 6.07) is 0. The number of aliphatic hydroxyl groups is 1. The van der Waals surface area contributed by atoms with Crippen molar-refractivity contribution >= 4 is 16.9 Å². The zero-order valence-corrected chi connectivity index (χ0v) is 33.9. The van der Waals surface area contributed by atoms with Crippen molar-refractivity contribution in [2.24, 2.45) is 17.6 Å². The average molecular weight is 810 g/mol. The van der Waals surface area contributed by atoms with E-state index in [9.17, 15) is 9.90 Å². The molecular weight excluding hydrogens is 747 g/mol. The van der Waals surface area contributed by atoms with Gasteiger partial charge in [-0.25, -0.2) is 4.21 Å². The van der Waals surface area contributed by atoms with Gasteiger partial charge in [0.15, 0.2) is 5.79 Å². The number of rotatable bonds is 4. The largest absolute Gasteiger partial charge is 0.392 e. The summed E-state index contributed by atoms with van der Waals surface area (Å²) in [5.74, 6) is -0.619. The molecule has 0 aromatic rings. The molecule has 20 atom stereocenters. The monoisotopic (exact) mass is 809 g/mol. The number of carbonyl (C=O) groups excluding carboxylic acids is 1. The molecule has 1 spiro atoms. The number of carbonyl (C=O) groups is 1. The lowest BCUT2D eigenvalue weighted by Crippen LogP contribution is -2.61. The fraction of sp³-hybridized carbons (Fsp3) is 0.878. The number of hydrogen-bond donors (Lipinski definition) is 3. The summed E-state index contributed by atoms with van der Waals surface area (Å²) in [6.45, 7) is 11.3. The van der Waals surface area contributed by atoms with Crippen LogP contribution in [-0.4, -0.2) is 143 Å². The van der Waals surface area contributed by atoms with Crippen molar-refractivity contribution in [3.8, 4) is 0 Å². The zero-order chi connectivity index (χ0) is 39.5. The second-order valence-electron chi connectivity index (χ2n) is 17.9. The first-order valence-corrected chi connectivity index (χ1v) is 22.4. The van der Waals surface area contributed by atoms with Crippen molar-refractivity contribution in [1.82, 2.24) is 0 Å². The predicted molar refractivity (Wildman–Crippen MR) is 203 cm³/mol. The fourth-order valence-corrected chi connectivity index (χ4v) is 11.3. The molecule has 4 N–H and O–H groups in total. The Hall–Kier alpha value is -1.18. The van der Waals surface area contributed by atoms with Crippen LogP contribution < -0.4 is 5.73 Å². The molecule has 0 amide bonds. The van der Waals surface area contributed by atoms with E-state index >= 15 is 0 Å². The fourth-order valence-electron chi connectivity index (χ4n) is 11.3. The number of methoxy groups -OCH3 is 1. The van der Waals surface area contributed by atoms with Crippen molar-refractivity contribution in [2.75, 3.05) is 19.9 Å². The van der Waals surface area contributed by atoms with Gasteiger partial charge in [-0.05, 0) is 62.0 Å². The van der Waals surface area contributed by atoms with Crippen molar-refractivity contribution in [1.29, 1.82) is 0 Å². The number of ether oxygens (including phenoxy) is 9. The van der Waals surface area contributed by atoms with Crippen LogP contribution in [0.1, 0.15) is 90.4 Å². The van der Waals surface area contributed by atoms with E-state index in [0.29, 0.717) is 25.7 Å². The summed E-state index contributed by atoms with van der Waals surface area (Å²) in [4.78, 5) is 14.1. The Kier molecular flexibility index (Phi) is 12.7. The third-order valence-electron chi connectivity index (χ3n) is 14.0. The molecule has 56 heavy (non-hydrogen) atoms. The Morgan fingerprint density at radius 1 is 0.839 bits per heavy atom. The van der Waals surface area contributed by atoms with E-state index < -0.39 is 29.1 Å². The maximum atomic E-state index is 14.1. The van der Waals surface area contributed by atoms with Gasteiger partial charge in [0, 0.05) is 64.4 Å². The lowest BCUT2D eigenvalue weighted by molar-refractivity contribution is -0.292. The quantitative estimate of drug-likeness (QED) is 0.278. The molecule has 0 radical (unpaired) electrons. The number of fused-ring (bicyclic) bond motifs is 6. The first-order chi connectivity index (χ1) is 26.8. The summed E-state index contributed by atoms with van der Waals surface area (Å²) in [5, 5.41) is 10.5. The lowest BCUT2D eigenvalue weighted by Gasteiger charge is -2.47. The van der Waals surface area contributed by atoms with E-state index in [-0.39, 0.29) is 122 Å². The molecule has 0 aromatic heterocycles. The van der Waals surface area contributed by atoms with E-state index in [4.69, 9.17) is 57.1 Å². The lowest BCUT2D eigenvalue weighted by atomic mass is 9.81. The molecule has 10 saturated heterocycles. The molecule has 316 valence electrons. The Labute approximate surface area is 333 Å². The van der Waals surface area contributed by atoms with Gasteiger partial charge in [-0.3, -0.25) is 4.79 Å². The van der Waals surface area contributed by atoms with Crippen LogP contribution in [0.5, 0.6) is 0 Å². The second-order valence-corrected chi connectivity index (χ2v) is 18.7. The van der Waals surface area contributed by atoms with Crippen LogP contribution >= 0.6 is 0 Å². The Bertz CT molecular complexity index is 1480. The molecule has 2 unspecified atom stereocenters. The van der Waals surface area contributed by atoms with E-state index in [1.807, 2.05) is 0 Å². The second kappa shape index (κ2) is 17.1. The Balaban J connectivity index is 0.00000105.